The fourth-order valence-electron chi connectivity index (χ4n) is 23.3. The summed E-state index contributed by atoms with van der Waals surface area (Å²) in [6, 6.07) is 120. The summed E-state index contributed by atoms with van der Waals surface area (Å²) >= 11 is 21.2. The van der Waals surface area contributed by atoms with Crippen LogP contribution in [0.3, 0.4) is 0 Å². The summed E-state index contributed by atoms with van der Waals surface area (Å²) in [7, 11) is -2.06. The van der Waals surface area contributed by atoms with Crippen LogP contribution < -0.4 is 16.4 Å². The molecule has 16 aromatic rings. The predicted octanol–water partition coefficient (Wildman–Crippen LogP) is 26.5. The number of rotatable bonds is 16. The van der Waals surface area contributed by atoms with Crippen LogP contribution in [0.4, 0.5) is 0 Å². The summed E-state index contributed by atoms with van der Waals surface area (Å²) in [5, 5.41) is 18.7. The molecule has 2 aliphatic heterocycles. The van der Waals surface area contributed by atoms with E-state index < -0.39 is 7.12 Å². The predicted molar refractivity (Wildman–Crippen MR) is 574 cm³/mol. The number of halogens is 4. The molecule has 2 atom stereocenters. The molecule has 8 saturated carbocycles. The molecule has 13 aromatic carbocycles. The van der Waals surface area contributed by atoms with E-state index >= 15 is 0 Å². The van der Waals surface area contributed by atoms with Gasteiger partial charge in [-0.3, -0.25) is 0 Å². The fraction of sp³-hybridized carbons (Fsp3) is 0.269. The van der Waals surface area contributed by atoms with Gasteiger partial charge in [0.05, 0.1) is 22.4 Å². The van der Waals surface area contributed by atoms with Crippen molar-refractivity contribution in [2.45, 2.75) is 165 Å². The van der Waals surface area contributed by atoms with E-state index in [1.165, 1.54) is 97.4 Å². The first-order chi connectivity index (χ1) is 68.1. The lowest BCUT2D eigenvalue weighted by molar-refractivity contribution is -0.0418. The summed E-state index contributed by atoms with van der Waals surface area (Å²) < 4.78 is 26.7. The van der Waals surface area contributed by atoms with Crippen molar-refractivity contribution in [3.63, 3.8) is 0 Å². The largest absolute Gasteiger partial charge is 0.494 e. The summed E-state index contributed by atoms with van der Waals surface area (Å²) in [4.78, 5) is 41.5. The van der Waals surface area contributed by atoms with Crippen LogP contribution in [-0.2, 0) is 34.9 Å². The van der Waals surface area contributed by atoms with Crippen LogP contribution in [0, 0.1) is 35.5 Å². The first-order valence-corrected chi connectivity index (χ1v) is 51.0. The number of hydrogen-bond acceptors (Lipinski definition) is 15. The van der Waals surface area contributed by atoms with Crippen molar-refractivity contribution in [3.05, 3.63) is 394 Å². The van der Waals surface area contributed by atoms with E-state index in [1.807, 2.05) is 206 Å². The van der Waals surface area contributed by atoms with Crippen LogP contribution in [0.15, 0.2) is 356 Å². The van der Waals surface area contributed by atoms with Crippen LogP contribution in [-0.4, -0.2) is 98.7 Å². The molecule has 2 saturated heterocycles. The molecule has 706 valence electrons. The summed E-state index contributed by atoms with van der Waals surface area (Å²) in [6.45, 7) is 17.0. The molecule has 22 heteroatoms. The van der Waals surface area contributed by atoms with Crippen LogP contribution in [0.5, 0.6) is 0 Å². The topological polar surface area (TPSA) is 193 Å². The lowest BCUT2D eigenvalue weighted by Gasteiger charge is -2.63. The monoisotopic (exact) mass is 1980 g/mol. The molecule has 3 aromatic heterocycles. The lowest BCUT2D eigenvalue weighted by Crippen LogP contribution is -2.56. The Morgan fingerprint density at radius 1 is 0.277 bits per heavy atom. The summed E-state index contributed by atoms with van der Waals surface area (Å²) in [5.41, 5.74) is 18.1. The van der Waals surface area contributed by atoms with Crippen LogP contribution in [0.1, 0.15) is 148 Å². The minimum atomic E-state index is -1.41. The average molecular weight is 1980 g/mol. The Morgan fingerprint density at radius 3 is 0.816 bits per heavy atom. The Labute approximate surface area is 851 Å². The molecule has 0 spiro atoms. The summed E-state index contributed by atoms with van der Waals surface area (Å²) in [5.74, 6) is 10.0. The highest BCUT2D eigenvalue weighted by Crippen LogP contribution is 2.68. The van der Waals surface area contributed by atoms with Crippen molar-refractivity contribution in [3.8, 4) is 102 Å². The minimum Gasteiger partial charge on any atom is -0.423 e. The van der Waals surface area contributed by atoms with Crippen molar-refractivity contribution >= 4 is 88.5 Å². The van der Waals surface area contributed by atoms with Gasteiger partial charge in [0.25, 0.3) is 0 Å². The van der Waals surface area contributed by atoms with Crippen molar-refractivity contribution in [2.24, 2.45) is 35.5 Å². The smallest absolute Gasteiger partial charge is 0.423 e. The number of nitrogens with zero attached hydrogens (tertiary/aromatic N) is 9. The molecular formula is C119H112B3BrCl3N9O6. The molecule has 5 heterocycles. The first-order valence-electron chi connectivity index (χ1n) is 49.1. The normalized spacial score (nSPS) is 21.7. The molecule has 0 amide bonds. The second kappa shape index (κ2) is 40.5. The highest BCUT2D eigenvalue weighted by Gasteiger charge is 2.61. The van der Waals surface area contributed by atoms with Gasteiger partial charge < -0.3 is 28.7 Å². The van der Waals surface area contributed by atoms with Crippen LogP contribution >= 0.6 is 50.7 Å². The van der Waals surface area contributed by atoms with E-state index in [0.717, 1.165) is 79.1 Å². The van der Waals surface area contributed by atoms with Crippen molar-refractivity contribution in [1.29, 1.82) is 0 Å². The second-order valence-corrected chi connectivity index (χ2v) is 43.4. The molecule has 141 heavy (non-hydrogen) atoms. The second-order valence-electron chi connectivity index (χ2n) is 41.3. The zero-order valence-corrected chi connectivity index (χ0v) is 84.4. The maximum absolute atomic E-state index is 8.63. The van der Waals surface area contributed by atoms with Crippen LogP contribution in [0.2, 0.25) is 15.3 Å². The van der Waals surface area contributed by atoms with Gasteiger partial charge in [0.2, 0.25) is 5.28 Å². The molecule has 10 aliphatic rings. The molecule has 2 unspecified atom stereocenters. The molecule has 8 bridgehead atoms. The highest BCUT2D eigenvalue weighted by atomic mass is 79.9. The first kappa shape index (κ1) is 96.7. The molecule has 2 N–H and O–H groups in total. The maximum atomic E-state index is 8.63. The van der Waals surface area contributed by atoms with E-state index in [9.17, 15) is 0 Å². The van der Waals surface area contributed by atoms with Crippen molar-refractivity contribution in [1.82, 2.24) is 44.9 Å². The number of hydrogen-bond donors (Lipinski definition) is 2. The molecule has 15 nitrogen and oxygen atoms in total. The molecule has 8 aliphatic carbocycles. The van der Waals surface area contributed by atoms with Crippen molar-refractivity contribution in [2.75, 3.05) is 0 Å². The van der Waals surface area contributed by atoms with Gasteiger partial charge in [0.15, 0.2) is 46.6 Å². The van der Waals surface area contributed by atoms with E-state index in [-0.39, 0.29) is 47.3 Å². The van der Waals surface area contributed by atoms with Gasteiger partial charge in [-0.1, -0.05) is 342 Å². The minimum absolute atomic E-state index is 0.0519. The highest BCUT2D eigenvalue weighted by molar-refractivity contribution is 9.10. The maximum Gasteiger partial charge on any atom is 0.494 e. The van der Waals surface area contributed by atoms with Gasteiger partial charge in [-0.15, -0.1) is 0 Å². The standard InChI is InChI=1S/C43H36BrN3.C34H46B2O4.C21H14ClN3.C15H10ClN3.C6H6BClO2/c44-38-21-19-37(20-22-38)43-26-29-23-30(27-43)25-42(24-29,28-43)36-17-15-32(16-18-36)31-11-13-35(14-12-31)41-46-39(33-7-3-1-4-8-33)45-40(47-41)34-9-5-2-6-10-34;1-30(2)31(3,4)38-35(37-30)28-13-9-24(10-14-28)34(26-18-22-17-23(20-26)21-27(34)19-22)25-11-15-29(16-12-25)36-39-32(5,6)33(7,8)40-36;22-18-13-11-17(12-14-18)21-24-19(15-7-3-1-4-8-15)23-20(25-21)16-9-5-2-6-10-16;16-15-18-13(11-7-3-1-4-8-11)17-14(19-15)12-9-5-2-6-10-12;8-6-3-1-5(2-4-6)7(9)10/h1-22,29-30H,23-28H2;9-16,22-23,26-27H,17-21H2,1-8H3;1-14H;1-10H;1-4,9-10H. The third-order valence-electron chi connectivity index (χ3n) is 31.1. The molecular weight excluding hydrogens is 1870 g/mol. The lowest BCUT2D eigenvalue weighted by atomic mass is 9.42. The molecule has 0 radical (unpaired) electrons. The Balaban J connectivity index is 0.000000117. The molecule has 10 fully saturated rings. The van der Waals surface area contributed by atoms with Gasteiger partial charge in [0, 0.05) is 64.4 Å². The Bertz CT molecular complexity index is 6700. The van der Waals surface area contributed by atoms with E-state index in [2.05, 4.69) is 223 Å². The van der Waals surface area contributed by atoms with E-state index in [4.69, 9.17) is 78.4 Å². The Kier molecular flexibility index (Phi) is 27.8. The van der Waals surface area contributed by atoms with Gasteiger partial charge in [-0.2, -0.15) is 9.97 Å². The Morgan fingerprint density at radius 2 is 0.518 bits per heavy atom. The van der Waals surface area contributed by atoms with Gasteiger partial charge in [-0.25, -0.2) is 34.9 Å². The molecule has 26 rings (SSSR count). The quantitative estimate of drug-likeness (QED) is 0.0867. The average Bonchev–Trinajstić information content (AvgIpc) is 1.16. The van der Waals surface area contributed by atoms with Gasteiger partial charge in [-0.05, 0) is 282 Å². The summed E-state index contributed by atoms with van der Waals surface area (Å²) in [6.07, 6.45) is 15.0. The fourth-order valence-corrected chi connectivity index (χ4v) is 24.0. The third-order valence-corrected chi connectivity index (χ3v) is 32.3. The zero-order valence-electron chi connectivity index (χ0n) is 80.5. The van der Waals surface area contributed by atoms with E-state index in [1.54, 1.807) is 35.4 Å². The number of benzene rings is 13. The SMILES string of the molecule is Brc1ccc(C23CC4CC(C2)CC(c2ccc(-c5ccc(-c6nc(-c7ccccc7)nc(-c7ccccc7)n6)cc5)cc2)(C4)C3)cc1.CC1(C)OB(c2ccc(C3(c4ccc(B5OC(C)(C)C(C)(C)O5)cc4)C4CC5CC(C4)CC3C5)cc2)OC1(C)C.Clc1ccc(-c2nc(-c3ccccc3)nc(-c3ccccc3)n2)cc1.Clc1nc(-c2ccccc2)nc(-c2ccccc2)n1.OB(O)c1ccc(Cl)cc1. The van der Waals surface area contributed by atoms with Crippen molar-refractivity contribution < 1.29 is 28.7 Å². The van der Waals surface area contributed by atoms with Gasteiger partial charge in [0.1, 0.15) is 0 Å². The Hall–Kier alpha value is -11.8. The zero-order chi connectivity index (χ0) is 97.4. The van der Waals surface area contributed by atoms with Crippen LogP contribution in [0.25, 0.3) is 102 Å². The van der Waals surface area contributed by atoms with E-state index in [0.29, 0.717) is 84.8 Å². The number of aromatic nitrogens is 9. The third kappa shape index (κ3) is 20.7. The van der Waals surface area contributed by atoms with Gasteiger partial charge >= 0.3 is 21.4 Å².